The zero-order valence-corrected chi connectivity index (χ0v) is 4.85. The second-order valence-electron chi connectivity index (χ2n) is 1.94. The average Bonchev–Trinajstić information content (AvgIpc) is 1.86. The molecule has 1 rings (SSSR count). The van der Waals surface area contributed by atoms with Gasteiger partial charge in [0.1, 0.15) is 0 Å². The van der Waals surface area contributed by atoms with Gasteiger partial charge in [-0.1, -0.05) is 12.8 Å². The molecular formula is C5H10LiO+. The molecule has 0 spiro atoms. The standard InChI is InChI=1S/C5H10O.Li/c6-5-3-1-2-4-5;/h5-6H,1-4H2;/q;+1. The molecule has 0 unspecified atom stereocenters. The first-order chi connectivity index (χ1) is 2.89. The van der Waals surface area contributed by atoms with E-state index in [0.717, 1.165) is 12.8 Å². The van der Waals surface area contributed by atoms with Gasteiger partial charge in [-0.15, -0.1) is 0 Å². The summed E-state index contributed by atoms with van der Waals surface area (Å²) < 4.78 is 0. The average molecular weight is 93.1 g/mol. The largest absolute Gasteiger partial charge is 1.00 e. The van der Waals surface area contributed by atoms with Crippen molar-refractivity contribution in [2.24, 2.45) is 0 Å². The number of aliphatic hydroxyl groups is 1. The minimum absolute atomic E-state index is 0. The topological polar surface area (TPSA) is 20.2 Å². The Balaban J connectivity index is 0.000000360. The van der Waals surface area contributed by atoms with Crippen LogP contribution >= 0.6 is 0 Å². The fraction of sp³-hybridized carbons (Fsp3) is 1.00. The smallest absolute Gasteiger partial charge is 0.393 e. The Labute approximate surface area is 56.3 Å². The normalized spacial score (nSPS) is 21.9. The first kappa shape index (κ1) is 7.56. The Bertz CT molecular complexity index is 41.3. The van der Waals surface area contributed by atoms with Crippen molar-refractivity contribution < 1.29 is 24.0 Å². The third-order valence-corrected chi connectivity index (χ3v) is 1.32. The van der Waals surface area contributed by atoms with Crippen LogP contribution in [-0.2, 0) is 0 Å². The van der Waals surface area contributed by atoms with E-state index in [2.05, 4.69) is 0 Å². The van der Waals surface area contributed by atoms with Crippen LogP contribution in [0.5, 0.6) is 0 Å². The fourth-order valence-corrected chi connectivity index (χ4v) is 0.904. The van der Waals surface area contributed by atoms with Crippen molar-refractivity contribution in [2.45, 2.75) is 31.8 Å². The molecule has 0 aromatic heterocycles. The van der Waals surface area contributed by atoms with Crippen LogP contribution in [0, 0.1) is 0 Å². The summed E-state index contributed by atoms with van der Waals surface area (Å²) in [4.78, 5) is 0. The number of hydrogen-bond donors (Lipinski definition) is 1. The Kier molecular flexibility index (Phi) is 3.83. The van der Waals surface area contributed by atoms with Crippen LogP contribution in [0.1, 0.15) is 25.7 Å². The van der Waals surface area contributed by atoms with E-state index in [1.54, 1.807) is 0 Å². The van der Waals surface area contributed by atoms with E-state index in [-0.39, 0.29) is 25.0 Å². The molecule has 0 bridgehead atoms. The summed E-state index contributed by atoms with van der Waals surface area (Å²) in [5.74, 6) is 0. The molecule has 1 N–H and O–H groups in total. The van der Waals surface area contributed by atoms with E-state index in [0.29, 0.717) is 0 Å². The molecule has 0 heterocycles. The van der Waals surface area contributed by atoms with Gasteiger partial charge in [-0.05, 0) is 12.8 Å². The van der Waals surface area contributed by atoms with Crippen LogP contribution in [0.15, 0.2) is 0 Å². The van der Waals surface area contributed by atoms with Gasteiger partial charge in [0.05, 0.1) is 6.10 Å². The quantitative estimate of drug-likeness (QED) is 0.341. The van der Waals surface area contributed by atoms with E-state index in [1.807, 2.05) is 0 Å². The zero-order valence-electron chi connectivity index (χ0n) is 4.85. The summed E-state index contributed by atoms with van der Waals surface area (Å²) in [5.41, 5.74) is 0. The molecule has 0 saturated heterocycles. The minimum Gasteiger partial charge on any atom is -0.393 e. The van der Waals surface area contributed by atoms with E-state index in [4.69, 9.17) is 5.11 Å². The summed E-state index contributed by atoms with van der Waals surface area (Å²) in [6.45, 7) is 0. The first-order valence-electron chi connectivity index (χ1n) is 2.57. The van der Waals surface area contributed by atoms with E-state index >= 15 is 0 Å². The molecule has 0 atom stereocenters. The van der Waals surface area contributed by atoms with Crippen molar-refractivity contribution in [1.29, 1.82) is 0 Å². The molecule has 1 nitrogen and oxygen atoms in total. The summed E-state index contributed by atoms with van der Waals surface area (Å²) in [5, 5.41) is 8.73. The molecule has 0 aromatic rings. The zero-order chi connectivity index (χ0) is 4.41. The second-order valence-corrected chi connectivity index (χ2v) is 1.94. The third kappa shape index (κ3) is 2.38. The van der Waals surface area contributed by atoms with Crippen LogP contribution in [0.2, 0.25) is 0 Å². The number of aliphatic hydroxyl groups excluding tert-OH is 1. The van der Waals surface area contributed by atoms with Gasteiger partial charge in [-0.3, -0.25) is 0 Å². The molecule has 1 aliphatic carbocycles. The maximum Gasteiger partial charge on any atom is 1.00 e. The van der Waals surface area contributed by atoms with Crippen molar-refractivity contribution >= 4 is 0 Å². The second kappa shape index (κ2) is 3.55. The molecule has 2 heteroatoms. The van der Waals surface area contributed by atoms with Gasteiger partial charge in [0.2, 0.25) is 0 Å². The Morgan fingerprint density at radius 3 is 1.71 bits per heavy atom. The van der Waals surface area contributed by atoms with Crippen LogP contribution in [-0.4, -0.2) is 11.2 Å². The maximum absolute atomic E-state index is 8.73. The molecular weight excluding hydrogens is 83.0 g/mol. The van der Waals surface area contributed by atoms with Crippen LogP contribution in [0.25, 0.3) is 0 Å². The molecule has 1 fully saturated rings. The van der Waals surface area contributed by atoms with Gasteiger partial charge in [-0.2, -0.15) is 0 Å². The predicted molar refractivity (Wildman–Crippen MR) is 24.5 cm³/mol. The van der Waals surface area contributed by atoms with Gasteiger partial charge in [-0.25, -0.2) is 0 Å². The summed E-state index contributed by atoms with van der Waals surface area (Å²) in [6, 6.07) is 0. The van der Waals surface area contributed by atoms with Crippen LogP contribution < -0.4 is 18.9 Å². The summed E-state index contributed by atoms with van der Waals surface area (Å²) in [6.07, 6.45) is 4.60. The van der Waals surface area contributed by atoms with E-state index in [9.17, 15) is 0 Å². The third-order valence-electron chi connectivity index (χ3n) is 1.32. The van der Waals surface area contributed by atoms with Gasteiger partial charge in [0, 0.05) is 0 Å². The predicted octanol–water partition coefficient (Wildman–Crippen LogP) is -2.07. The van der Waals surface area contributed by atoms with Crippen LogP contribution in [0.3, 0.4) is 0 Å². The number of rotatable bonds is 0. The van der Waals surface area contributed by atoms with Gasteiger partial charge in [0.15, 0.2) is 0 Å². The molecule has 0 aromatic carbocycles. The molecule has 1 aliphatic rings. The van der Waals surface area contributed by atoms with E-state index in [1.165, 1.54) is 12.8 Å². The molecule has 7 heavy (non-hydrogen) atoms. The van der Waals surface area contributed by atoms with Crippen molar-refractivity contribution in [3.63, 3.8) is 0 Å². The minimum atomic E-state index is 0. The monoisotopic (exact) mass is 93.1 g/mol. The Morgan fingerprint density at radius 1 is 1.14 bits per heavy atom. The van der Waals surface area contributed by atoms with Crippen molar-refractivity contribution in [3.8, 4) is 0 Å². The van der Waals surface area contributed by atoms with Gasteiger partial charge in [0.25, 0.3) is 0 Å². The Morgan fingerprint density at radius 2 is 1.57 bits per heavy atom. The molecule has 1 saturated carbocycles. The summed E-state index contributed by atoms with van der Waals surface area (Å²) >= 11 is 0. The summed E-state index contributed by atoms with van der Waals surface area (Å²) in [7, 11) is 0. The van der Waals surface area contributed by atoms with Gasteiger partial charge >= 0.3 is 18.9 Å². The SMILES string of the molecule is OC1CCCC1.[Li+]. The van der Waals surface area contributed by atoms with Crippen molar-refractivity contribution in [3.05, 3.63) is 0 Å². The first-order valence-corrected chi connectivity index (χ1v) is 2.57. The molecule has 0 amide bonds. The Hall–Kier alpha value is 0.557. The van der Waals surface area contributed by atoms with Crippen LogP contribution in [0.4, 0.5) is 0 Å². The molecule has 0 radical (unpaired) electrons. The molecule has 0 aliphatic heterocycles. The maximum atomic E-state index is 8.73. The van der Waals surface area contributed by atoms with Crippen molar-refractivity contribution in [1.82, 2.24) is 0 Å². The van der Waals surface area contributed by atoms with Crippen molar-refractivity contribution in [2.75, 3.05) is 0 Å². The van der Waals surface area contributed by atoms with Gasteiger partial charge < -0.3 is 5.11 Å². The van der Waals surface area contributed by atoms with E-state index < -0.39 is 0 Å². The number of hydrogen-bond acceptors (Lipinski definition) is 1. The fourth-order valence-electron chi connectivity index (χ4n) is 0.904. The molecule has 36 valence electrons.